The predicted octanol–water partition coefficient (Wildman–Crippen LogP) is 1.39. The largest absolute Gasteiger partial charge is 0.460 e. The van der Waals surface area contributed by atoms with Crippen LogP contribution in [0.2, 0.25) is 0 Å². The monoisotopic (exact) mass is 260 g/mol. The maximum atomic E-state index is 11.6. The van der Waals surface area contributed by atoms with Crippen LogP contribution in [0.25, 0.3) is 0 Å². The van der Waals surface area contributed by atoms with E-state index in [4.69, 9.17) is 10.00 Å². The minimum absolute atomic E-state index is 0.0850. The molecule has 2 heterocycles. The van der Waals surface area contributed by atoms with Gasteiger partial charge in [0, 0.05) is 25.2 Å². The Morgan fingerprint density at radius 2 is 2.32 bits per heavy atom. The number of nitriles is 1. The molecule has 1 aliphatic rings. The van der Waals surface area contributed by atoms with E-state index in [1.54, 1.807) is 19.2 Å². The fraction of sp³-hybridized carbons (Fsp3) is 0.538. The molecule has 0 saturated carbocycles. The van der Waals surface area contributed by atoms with Crippen molar-refractivity contribution in [2.75, 3.05) is 24.6 Å². The Hall–Kier alpha value is -2.16. The molecule has 100 valence electrons. The van der Waals surface area contributed by atoms with Gasteiger partial charge < -0.3 is 9.64 Å². The summed E-state index contributed by atoms with van der Waals surface area (Å²) in [5, 5.41) is 8.87. The summed E-state index contributed by atoms with van der Waals surface area (Å²) in [6, 6.07) is 4.06. The summed E-state index contributed by atoms with van der Waals surface area (Å²) < 4.78 is 4.88. The zero-order chi connectivity index (χ0) is 13.7. The molecule has 0 aromatic carbocycles. The lowest BCUT2D eigenvalue weighted by Gasteiger charge is -2.29. The Morgan fingerprint density at radius 3 is 2.95 bits per heavy atom. The van der Waals surface area contributed by atoms with Gasteiger partial charge >= 0.3 is 5.97 Å². The molecular formula is C13H16N4O2. The summed E-state index contributed by atoms with van der Waals surface area (Å²) in [5.74, 6) is 0.426. The number of anilines is 1. The maximum Gasteiger partial charge on any atom is 0.376 e. The minimum Gasteiger partial charge on any atom is -0.460 e. The number of nitrogens with zero attached hydrogens (tertiary/aromatic N) is 4. The number of piperidine rings is 1. The average molecular weight is 260 g/mol. The molecule has 0 N–H and O–H groups in total. The van der Waals surface area contributed by atoms with Gasteiger partial charge in [0.2, 0.25) is 5.82 Å². The molecule has 0 spiro atoms. The lowest BCUT2D eigenvalue weighted by Crippen LogP contribution is -2.34. The lowest BCUT2D eigenvalue weighted by molar-refractivity contribution is 0.0512. The Balaban J connectivity index is 2.07. The lowest BCUT2D eigenvalue weighted by atomic mass is 9.99. The molecule has 0 atom stereocenters. The molecule has 0 amide bonds. The van der Waals surface area contributed by atoms with Crippen molar-refractivity contribution in [3.63, 3.8) is 0 Å². The SMILES string of the molecule is CCOC(=O)c1nccc(N2CCC(C#N)CC2)n1. The molecule has 6 nitrogen and oxygen atoms in total. The van der Waals surface area contributed by atoms with Crippen molar-refractivity contribution in [3.8, 4) is 6.07 Å². The summed E-state index contributed by atoms with van der Waals surface area (Å²) in [6.45, 7) is 3.60. The normalized spacial score (nSPS) is 15.9. The van der Waals surface area contributed by atoms with Crippen molar-refractivity contribution in [1.29, 1.82) is 5.26 Å². The zero-order valence-corrected chi connectivity index (χ0v) is 10.9. The summed E-state index contributed by atoms with van der Waals surface area (Å²) >= 11 is 0. The average Bonchev–Trinajstić information content (AvgIpc) is 2.48. The third-order valence-corrected chi connectivity index (χ3v) is 3.10. The van der Waals surface area contributed by atoms with E-state index >= 15 is 0 Å². The summed E-state index contributed by atoms with van der Waals surface area (Å²) in [7, 11) is 0. The molecule has 6 heteroatoms. The van der Waals surface area contributed by atoms with Crippen LogP contribution in [0.1, 0.15) is 30.4 Å². The first kappa shape index (κ1) is 13.3. The number of carbonyl (C=O) groups excluding carboxylic acids is 1. The van der Waals surface area contributed by atoms with E-state index in [0.29, 0.717) is 6.61 Å². The van der Waals surface area contributed by atoms with E-state index in [1.165, 1.54) is 0 Å². The van der Waals surface area contributed by atoms with E-state index in [9.17, 15) is 4.79 Å². The van der Waals surface area contributed by atoms with Crippen LogP contribution in [0.15, 0.2) is 12.3 Å². The van der Waals surface area contributed by atoms with E-state index in [1.807, 2.05) is 0 Å². The quantitative estimate of drug-likeness (QED) is 0.764. The van der Waals surface area contributed by atoms with Crippen molar-refractivity contribution < 1.29 is 9.53 Å². The van der Waals surface area contributed by atoms with Crippen LogP contribution in [0, 0.1) is 17.2 Å². The molecule has 0 bridgehead atoms. The first-order valence-corrected chi connectivity index (χ1v) is 6.39. The third-order valence-electron chi connectivity index (χ3n) is 3.10. The van der Waals surface area contributed by atoms with Crippen LogP contribution in [-0.4, -0.2) is 35.6 Å². The van der Waals surface area contributed by atoms with E-state index in [0.717, 1.165) is 31.7 Å². The van der Waals surface area contributed by atoms with Crippen molar-refractivity contribution in [3.05, 3.63) is 18.1 Å². The van der Waals surface area contributed by atoms with Crippen LogP contribution in [0.5, 0.6) is 0 Å². The second-order valence-electron chi connectivity index (χ2n) is 4.35. The number of ether oxygens (including phenoxy) is 1. The zero-order valence-electron chi connectivity index (χ0n) is 10.9. The van der Waals surface area contributed by atoms with Gasteiger partial charge in [-0.3, -0.25) is 0 Å². The molecule has 1 aromatic rings. The topological polar surface area (TPSA) is 79.1 Å². The van der Waals surface area contributed by atoms with Crippen LogP contribution >= 0.6 is 0 Å². The molecule has 1 saturated heterocycles. The first-order chi connectivity index (χ1) is 9.24. The van der Waals surface area contributed by atoms with Crippen LogP contribution in [0.4, 0.5) is 5.82 Å². The number of carbonyl (C=O) groups is 1. The molecule has 1 fully saturated rings. The smallest absolute Gasteiger partial charge is 0.376 e. The highest BCUT2D eigenvalue weighted by Crippen LogP contribution is 2.21. The Morgan fingerprint density at radius 1 is 1.58 bits per heavy atom. The number of hydrogen-bond acceptors (Lipinski definition) is 6. The molecule has 19 heavy (non-hydrogen) atoms. The standard InChI is InChI=1S/C13H16N4O2/c1-2-19-13(18)12-15-6-3-11(16-12)17-7-4-10(9-14)5-8-17/h3,6,10H,2,4-5,7-8H2,1H3. The minimum atomic E-state index is -0.503. The maximum absolute atomic E-state index is 11.6. The summed E-state index contributed by atoms with van der Waals surface area (Å²) in [5.41, 5.74) is 0. The molecule has 2 rings (SSSR count). The molecule has 0 aliphatic carbocycles. The van der Waals surface area contributed by atoms with Gasteiger partial charge in [-0.25, -0.2) is 14.8 Å². The van der Waals surface area contributed by atoms with Gasteiger partial charge in [-0.15, -0.1) is 0 Å². The number of rotatable bonds is 3. The molecule has 0 unspecified atom stereocenters. The van der Waals surface area contributed by atoms with Crippen molar-refractivity contribution in [2.45, 2.75) is 19.8 Å². The highest BCUT2D eigenvalue weighted by atomic mass is 16.5. The highest BCUT2D eigenvalue weighted by molar-refractivity contribution is 5.85. The second kappa shape index (κ2) is 6.14. The van der Waals surface area contributed by atoms with E-state index < -0.39 is 5.97 Å². The molecule has 1 aromatic heterocycles. The second-order valence-corrected chi connectivity index (χ2v) is 4.35. The van der Waals surface area contributed by atoms with Gasteiger partial charge in [-0.05, 0) is 25.8 Å². The Labute approximate surface area is 112 Å². The van der Waals surface area contributed by atoms with Crippen LogP contribution in [-0.2, 0) is 4.74 Å². The number of aromatic nitrogens is 2. The summed E-state index contributed by atoms with van der Waals surface area (Å²) in [6.07, 6.45) is 3.22. The van der Waals surface area contributed by atoms with Gasteiger partial charge in [0.15, 0.2) is 0 Å². The molecular weight excluding hydrogens is 244 g/mol. The Bertz CT molecular complexity index is 490. The van der Waals surface area contributed by atoms with Gasteiger partial charge in [-0.2, -0.15) is 5.26 Å². The van der Waals surface area contributed by atoms with Crippen LogP contribution < -0.4 is 4.90 Å². The van der Waals surface area contributed by atoms with Crippen molar-refractivity contribution >= 4 is 11.8 Å². The predicted molar refractivity (Wildman–Crippen MR) is 68.5 cm³/mol. The first-order valence-electron chi connectivity index (χ1n) is 6.39. The summed E-state index contributed by atoms with van der Waals surface area (Å²) in [4.78, 5) is 21.8. The third kappa shape index (κ3) is 3.19. The van der Waals surface area contributed by atoms with E-state index in [-0.39, 0.29) is 11.7 Å². The molecule has 0 radical (unpaired) electrons. The number of hydrogen-bond donors (Lipinski definition) is 0. The van der Waals surface area contributed by atoms with Crippen molar-refractivity contribution in [1.82, 2.24) is 9.97 Å². The van der Waals surface area contributed by atoms with Gasteiger partial charge in [0.05, 0.1) is 12.7 Å². The van der Waals surface area contributed by atoms with E-state index in [2.05, 4.69) is 20.9 Å². The van der Waals surface area contributed by atoms with Gasteiger partial charge in [0.25, 0.3) is 0 Å². The van der Waals surface area contributed by atoms with Gasteiger partial charge in [-0.1, -0.05) is 0 Å². The highest BCUT2D eigenvalue weighted by Gasteiger charge is 2.21. The Kier molecular flexibility index (Phi) is 4.29. The molecule has 1 aliphatic heterocycles. The fourth-order valence-corrected chi connectivity index (χ4v) is 2.06. The fourth-order valence-electron chi connectivity index (χ4n) is 2.06. The van der Waals surface area contributed by atoms with Crippen LogP contribution in [0.3, 0.4) is 0 Å². The number of esters is 1. The van der Waals surface area contributed by atoms with Crippen molar-refractivity contribution in [2.24, 2.45) is 5.92 Å². The van der Waals surface area contributed by atoms with Gasteiger partial charge in [0.1, 0.15) is 5.82 Å².